The SMILES string of the molecule is c1ccc(-c2cccc(-n3c4ccccc4c4cc(-n5c6ccccc6c6ccc(-c7ccccc7-n7c8ccccc8c8ccccc87)cc65)ccc43)c2)cc1. The number of hydrogen-bond acceptors (Lipinski definition) is 0. The molecule has 3 aromatic heterocycles. The van der Waals surface area contributed by atoms with Gasteiger partial charge in [0.15, 0.2) is 0 Å². The molecule has 266 valence electrons. The Balaban J connectivity index is 1.07. The first-order chi connectivity index (χ1) is 28.3. The minimum Gasteiger partial charge on any atom is -0.309 e. The molecular weight excluding hydrogens is 691 g/mol. The number of benzene rings is 9. The normalized spacial score (nSPS) is 11.9. The molecule has 57 heavy (non-hydrogen) atoms. The predicted molar refractivity (Wildman–Crippen MR) is 240 cm³/mol. The van der Waals surface area contributed by atoms with E-state index in [1.54, 1.807) is 0 Å². The van der Waals surface area contributed by atoms with Gasteiger partial charge in [-0.15, -0.1) is 0 Å². The first-order valence-electron chi connectivity index (χ1n) is 19.6. The summed E-state index contributed by atoms with van der Waals surface area (Å²) in [6.45, 7) is 0. The van der Waals surface area contributed by atoms with Crippen molar-refractivity contribution in [2.75, 3.05) is 0 Å². The Kier molecular flexibility index (Phi) is 6.93. The molecule has 0 aliphatic rings. The second kappa shape index (κ2) is 12.5. The van der Waals surface area contributed by atoms with Crippen molar-refractivity contribution in [3.8, 4) is 39.3 Å². The van der Waals surface area contributed by atoms with E-state index in [9.17, 15) is 0 Å². The Labute approximate surface area is 329 Å². The zero-order chi connectivity index (χ0) is 37.5. The van der Waals surface area contributed by atoms with Gasteiger partial charge < -0.3 is 13.7 Å². The number of hydrogen-bond donors (Lipinski definition) is 0. The average Bonchev–Trinajstić information content (AvgIpc) is 3.92. The largest absolute Gasteiger partial charge is 0.309 e. The first kappa shape index (κ1) is 31.7. The summed E-state index contributed by atoms with van der Waals surface area (Å²) in [7, 11) is 0. The van der Waals surface area contributed by atoms with E-state index in [-0.39, 0.29) is 0 Å². The average molecular weight is 726 g/mol. The van der Waals surface area contributed by atoms with Gasteiger partial charge in [-0.1, -0.05) is 146 Å². The smallest absolute Gasteiger partial charge is 0.0547 e. The van der Waals surface area contributed by atoms with Gasteiger partial charge >= 0.3 is 0 Å². The van der Waals surface area contributed by atoms with E-state index in [4.69, 9.17) is 0 Å². The third-order valence-electron chi connectivity index (χ3n) is 11.8. The van der Waals surface area contributed by atoms with Gasteiger partial charge in [-0.2, -0.15) is 0 Å². The molecule has 0 amide bonds. The van der Waals surface area contributed by atoms with Crippen LogP contribution in [0.4, 0.5) is 0 Å². The molecule has 3 heteroatoms. The van der Waals surface area contributed by atoms with Crippen LogP contribution in [0.25, 0.3) is 105 Å². The first-order valence-corrected chi connectivity index (χ1v) is 19.6. The maximum atomic E-state index is 2.46. The van der Waals surface area contributed by atoms with Gasteiger partial charge in [0.05, 0.1) is 38.8 Å². The lowest BCUT2D eigenvalue weighted by atomic mass is 10.0. The van der Waals surface area contributed by atoms with Crippen LogP contribution in [-0.2, 0) is 0 Å². The molecule has 0 saturated carbocycles. The standard InChI is InChI=1S/C54H35N3/c1-2-15-36(16-3-1)37-17-14-18-39(33-37)55-50-26-11-8-23-45(50)47-35-40(30-32-53(47)55)56-49-25-10-5-22-44(49)46-31-29-38(34-54(46)56)41-19-4-9-24-48(41)57-51-27-12-6-20-42(51)43-21-7-13-28-52(43)57/h1-35H. The highest BCUT2D eigenvalue weighted by Crippen LogP contribution is 2.41. The second-order valence-corrected chi connectivity index (χ2v) is 14.9. The Morgan fingerprint density at radius 3 is 1.40 bits per heavy atom. The maximum Gasteiger partial charge on any atom is 0.0547 e. The van der Waals surface area contributed by atoms with E-state index in [0.29, 0.717) is 0 Å². The quantitative estimate of drug-likeness (QED) is 0.168. The van der Waals surface area contributed by atoms with Gasteiger partial charge in [0.1, 0.15) is 0 Å². The molecule has 0 fully saturated rings. The van der Waals surface area contributed by atoms with E-state index in [1.807, 2.05) is 0 Å². The van der Waals surface area contributed by atoms with Crippen LogP contribution in [0, 0.1) is 0 Å². The third kappa shape index (κ3) is 4.79. The third-order valence-corrected chi connectivity index (χ3v) is 11.8. The molecule has 9 aromatic carbocycles. The minimum atomic E-state index is 1.14. The zero-order valence-electron chi connectivity index (χ0n) is 31.0. The molecule has 12 rings (SSSR count). The summed E-state index contributed by atoms with van der Waals surface area (Å²) in [5, 5.41) is 7.48. The highest BCUT2D eigenvalue weighted by Gasteiger charge is 2.19. The van der Waals surface area contributed by atoms with Crippen molar-refractivity contribution in [3.05, 3.63) is 212 Å². The summed E-state index contributed by atoms with van der Waals surface area (Å²) in [6, 6.07) is 77.5. The number of rotatable bonds is 5. The molecule has 0 bridgehead atoms. The van der Waals surface area contributed by atoms with Gasteiger partial charge in [-0.3, -0.25) is 0 Å². The van der Waals surface area contributed by atoms with Crippen LogP contribution in [0.2, 0.25) is 0 Å². The maximum absolute atomic E-state index is 2.46. The molecule has 0 N–H and O–H groups in total. The molecular formula is C54H35N3. The van der Waals surface area contributed by atoms with E-state index in [0.717, 1.165) is 11.4 Å². The van der Waals surface area contributed by atoms with Crippen molar-refractivity contribution in [1.29, 1.82) is 0 Å². The summed E-state index contributed by atoms with van der Waals surface area (Å²) < 4.78 is 7.30. The fourth-order valence-electron chi connectivity index (χ4n) is 9.34. The number of fused-ring (bicyclic) bond motifs is 9. The second-order valence-electron chi connectivity index (χ2n) is 14.9. The number of nitrogens with zero attached hydrogens (tertiary/aromatic N) is 3. The Morgan fingerprint density at radius 2 is 0.719 bits per heavy atom. The van der Waals surface area contributed by atoms with Crippen molar-refractivity contribution < 1.29 is 0 Å². The number of aromatic nitrogens is 3. The fourth-order valence-corrected chi connectivity index (χ4v) is 9.34. The molecule has 3 nitrogen and oxygen atoms in total. The Hall–Kier alpha value is -7.62. The molecule has 0 spiro atoms. The van der Waals surface area contributed by atoms with Crippen molar-refractivity contribution in [2.45, 2.75) is 0 Å². The molecule has 12 aromatic rings. The lowest BCUT2D eigenvalue weighted by Gasteiger charge is -2.15. The predicted octanol–water partition coefficient (Wildman–Crippen LogP) is 14.3. The van der Waals surface area contributed by atoms with E-state index < -0.39 is 0 Å². The lowest BCUT2D eigenvalue weighted by Crippen LogP contribution is -1.98. The van der Waals surface area contributed by atoms with Crippen LogP contribution in [0.15, 0.2) is 212 Å². The molecule has 0 aliphatic heterocycles. The van der Waals surface area contributed by atoms with Crippen LogP contribution >= 0.6 is 0 Å². The number of para-hydroxylation sites is 5. The van der Waals surface area contributed by atoms with E-state index in [1.165, 1.54) is 93.4 Å². The molecule has 3 heterocycles. The van der Waals surface area contributed by atoms with Gasteiger partial charge in [0.2, 0.25) is 0 Å². The van der Waals surface area contributed by atoms with Gasteiger partial charge in [0, 0.05) is 49.3 Å². The molecule has 0 unspecified atom stereocenters. The summed E-state index contributed by atoms with van der Waals surface area (Å²) >= 11 is 0. The zero-order valence-corrected chi connectivity index (χ0v) is 31.0. The van der Waals surface area contributed by atoms with E-state index in [2.05, 4.69) is 226 Å². The van der Waals surface area contributed by atoms with Crippen LogP contribution in [0.1, 0.15) is 0 Å². The van der Waals surface area contributed by atoms with Crippen LogP contribution < -0.4 is 0 Å². The van der Waals surface area contributed by atoms with Crippen molar-refractivity contribution in [2.24, 2.45) is 0 Å². The minimum absolute atomic E-state index is 1.14. The van der Waals surface area contributed by atoms with Crippen LogP contribution in [-0.4, -0.2) is 13.7 Å². The summed E-state index contributed by atoms with van der Waals surface area (Å²) in [5.41, 5.74) is 15.4. The summed E-state index contributed by atoms with van der Waals surface area (Å²) in [4.78, 5) is 0. The topological polar surface area (TPSA) is 14.8 Å². The highest BCUT2D eigenvalue weighted by molar-refractivity contribution is 6.13. The van der Waals surface area contributed by atoms with Crippen LogP contribution in [0.3, 0.4) is 0 Å². The highest BCUT2D eigenvalue weighted by atomic mass is 15.0. The molecule has 0 saturated heterocycles. The molecule has 0 aliphatic carbocycles. The van der Waals surface area contributed by atoms with Crippen molar-refractivity contribution >= 4 is 65.4 Å². The lowest BCUT2D eigenvalue weighted by molar-refractivity contribution is 1.16. The summed E-state index contributed by atoms with van der Waals surface area (Å²) in [6.07, 6.45) is 0. The summed E-state index contributed by atoms with van der Waals surface area (Å²) in [5.74, 6) is 0. The Morgan fingerprint density at radius 1 is 0.228 bits per heavy atom. The fraction of sp³-hybridized carbons (Fsp3) is 0. The van der Waals surface area contributed by atoms with Crippen molar-refractivity contribution in [3.63, 3.8) is 0 Å². The molecule has 0 radical (unpaired) electrons. The monoisotopic (exact) mass is 725 g/mol. The Bertz CT molecular complexity index is 3470. The van der Waals surface area contributed by atoms with Crippen molar-refractivity contribution in [1.82, 2.24) is 13.7 Å². The van der Waals surface area contributed by atoms with Gasteiger partial charge in [-0.05, 0) is 83.4 Å². The van der Waals surface area contributed by atoms with E-state index >= 15 is 0 Å². The van der Waals surface area contributed by atoms with Crippen LogP contribution in [0.5, 0.6) is 0 Å². The van der Waals surface area contributed by atoms with Gasteiger partial charge in [0.25, 0.3) is 0 Å². The molecule has 0 atom stereocenters. The van der Waals surface area contributed by atoms with Gasteiger partial charge in [-0.25, -0.2) is 0 Å².